The van der Waals surface area contributed by atoms with Crippen LogP contribution in [0.25, 0.3) is 11.2 Å². The summed E-state index contributed by atoms with van der Waals surface area (Å²) in [6.07, 6.45) is 3.15. The maximum absolute atomic E-state index is 4.73. The Balaban J connectivity index is 1.83. The van der Waals surface area contributed by atoms with Crippen LogP contribution in [0.4, 0.5) is 5.95 Å². The first-order valence-corrected chi connectivity index (χ1v) is 7.03. The van der Waals surface area contributed by atoms with Crippen molar-refractivity contribution in [3.05, 3.63) is 18.3 Å². The molecule has 2 fully saturated rings. The number of fused-ring (bicyclic) bond motifs is 3. The smallest absolute Gasteiger partial charge is 0.207 e. The van der Waals surface area contributed by atoms with E-state index in [4.69, 9.17) is 4.98 Å². The summed E-state index contributed by atoms with van der Waals surface area (Å²) >= 11 is 2.11. The normalized spacial score (nSPS) is 27.2. The van der Waals surface area contributed by atoms with E-state index in [1.54, 1.807) is 0 Å². The monoisotopic (exact) mass is 246 g/mol. The van der Waals surface area contributed by atoms with E-state index in [1.807, 2.05) is 18.3 Å². The number of aromatic nitrogens is 3. The fourth-order valence-electron chi connectivity index (χ4n) is 2.91. The second kappa shape index (κ2) is 3.38. The number of hydrogen-bond donors (Lipinski definition) is 0. The molecule has 0 aliphatic carbocycles. The molecule has 2 bridgehead atoms. The van der Waals surface area contributed by atoms with Gasteiger partial charge in [0.15, 0.2) is 5.65 Å². The summed E-state index contributed by atoms with van der Waals surface area (Å²) in [5.74, 6) is 2.34. The van der Waals surface area contributed by atoms with Gasteiger partial charge in [0.05, 0.1) is 0 Å². The predicted octanol–water partition coefficient (Wildman–Crippen LogP) is 1.66. The molecule has 2 aromatic heterocycles. The lowest BCUT2D eigenvalue weighted by atomic mass is 10.2. The Morgan fingerprint density at radius 3 is 3.12 bits per heavy atom. The zero-order valence-electron chi connectivity index (χ0n) is 9.71. The van der Waals surface area contributed by atoms with Crippen molar-refractivity contribution >= 4 is 28.9 Å². The molecule has 17 heavy (non-hydrogen) atoms. The summed E-state index contributed by atoms with van der Waals surface area (Å²) in [6.45, 7) is 1.15. The minimum absolute atomic E-state index is 0.681. The lowest BCUT2D eigenvalue weighted by Crippen LogP contribution is -2.35. The van der Waals surface area contributed by atoms with Crippen molar-refractivity contribution in [2.24, 2.45) is 7.05 Å². The van der Waals surface area contributed by atoms with Crippen LogP contribution in [0, 0.1) is 0 Å². The van der Waals surface area contributed by atoms with Gasteiger partial charge in [-0.25, -0.2) is 9.97 Å². The molecule has 2 unspecified atom stereocenters. The Kier molecular flexibility index (Phi) is 1.94. The topological polar surface area (TPSA) is 34.0 Å². The van der Waals surface area contributed by atoms with Gasteiger partial charge < -0.3 is 4.90 Å². The molecular formula is C12H14N4S. The van der Waals surface area contributed by atoms with E-state index in [2.05, 4.69) is 33.3 Å². The van der Waals surface area contributed by atoms with Gasteiger partial charge in [-0.15, -0.1) is 0 Å². The maximum atomic E-state index is 4.73. The molecule has 0 aromatic carbocycles. The van der Waals surface area contributed by atoms with E-state index in [0.717, 1.165) is 28.9 Å². The third-order valence-corrected chi connectivity index (χ3v) is 5.15. The van der Waals surface area contributed by atoms with Crippen LogP contribution >= 0.6 is 11.8 Å². The average Bonchev–Trinajstić information content (AvgIpc) is 3.03. The van der Waals surface area contributed by atoms with Crippen molar-refractivity contribution in [1.82, 2.24) is 14.5 Å². The lowest BCUT2D eigenvalue weighted by Gasteiger charge is -2.27. The molecule has 0 spiro atoms. The van der Waals surface area contributed by atoms with E-state index >= 15 is 0 Å². The van der Waals surface area contributed by atoms with Crippen molar-refractivity contribution in [2.75, 3.05) is 17.2 Å². The summed E-state index contributed by atoms with van der Waals surface area (Å²) < 4.78 is 2.13. The van der Waals surface area contributed by atoms with Crippen LogP contribution in [0.2, 0.25) is 0 Å². The highest BCUT2D eigenvalue weighted by Gasteiger charge is 2.40. The Labute approximate surface area is 104 Å². The molecule has 2 aliphatic heterocycles. The second-order valence-corrected chi connectivity index (χ2v) is 6.15. The number of hydrogen-bond acceptors (Lipinski definition) is 4. The van der Waals surface area contributed by atoms with Crippen LogP contribution in [0.3, 0.4) is 0 Å². The average molecular weight is 246 g/mol. The molecule has 0 radical (unpaired) electrons. The summed E-state index contributed by atoms with van der Waals surface area (Å²) in [7, 11) is 2.07. The molecule has 5 heteroatoms. The maximum Gasteiger partial charge on any atom is 0.207 e. The van der Waals surface area contributed by atoms with E-state index in [-0.39, 0.29) is 0 Å². The van der Waals surface area contributed by atoms with Crippen molar-refractivity contribution < 1.29 is 0 Å². The molecule has 4 nitrogen and oxygen atoms in total. The molecule has 0 N–H and O–H groups in total. The zero-order valence-corrected chi connectivity index (χ0v) is 10.5. The van der Waals surface area contributed by atoms with Gasteiger partial charge >= 0.3 is 0 Å². The number of pyridine rings is 1. The van der Waals surface area contributed by atoms with Crippen molar-refractivity contribution in [1.29, 1.82) is 0 Å². The van der Waals surface area contributed by atoms with Gasteiger partial charge in [0.25, 0.3) is 0 Å². The minimum atomic E-state index is 0.681. The van der Waals surface area contributed by atoms with Crippen LogP contribution in [0.5, 0.6) is 0 Å². The summed E-state index contributed by atoms with van der Waals surface area (Å²) in [5.41, 5.74) is 1.98. The number of anilines is 1. The first-order valence-electron chi connectivity index (χ1n) is 5.98. The van der Waals surface area contributed by atoms with Gasteiger partial charge in [-0.05, 0) is 18.6 Å². The standard InChI is InChI=1S/C12H14N4S/c1-15-11-10(3-2-4-13-11)14-12(15)16-6-9-5-8(16)7-17-9/h2-4,8-9H,5-7H2,1H3. The van der Waals surface area contributed by atoms with Gasteiger partial charge in [0.2, 0.25) is 5.95 Å². The summed E-state index contributed by atoms with van der Waals surface area (Å²) in [6, 6.07) is 4.67. The third kappa shape index (κ3) is 1.32. The highest BCUT2D eigenvalue weighted by atomic mass is 32.2. The van der Waals surface area contributed by atoms with Crippen molar-refractivity contribution in [3.63, 3.8) is 0 Å². The fraction of sp³-hybridized carbons (Fsp3) is 0.500. The Bertz CT molecular complexity index is 579. The van der Waals surface area contributed by atoms with Crippen LogP contribution in [-0.4, -0.2) is 38.1 Å². The van der Waals surface area contributed by atoms with Crippen molar-refractivity contribution in [3.8, 4) is 0 Å². The molecule has 4 heterocycles. The minimum Gasteiger partial charge on any atom is -0.337 e. The van der Waals surface area contributed by atoms with Crippen molar-refractivity contribution in [2.45, 2.75) is 17.7 Å². The number of thioether (sulfide) groups is 1. The Hall–Kier alpha value is -1.23. The number of imidazole rings is 1. The molecule has 0 saturated carbocycles. The van der Waals surface area contributed by atoms with Gasteiger partial charge in [-0.1, -0.05) is 0 Å². The molecule has 2 atom stereocenters. The highest BCUT2D eigenvalue weighted by Crippen LogP contribution is 2.39. The van der Waals surface area contributed by atoms with Crippen LogP contribution in [0.1, 0.15) is 6.42 Å². The van der Waals surface area contributed by atoms with Gasteiger partial charge in [0.1, 0.15) is 5.52 Å². The molecule has 4 rings (SSSR count). The Morgan fingerprint density at radius 2 is 2.41 bits per heavy atom. The highest BCUT2D eigenvalue weighted by molar-refractivity contribution is 8.00. The molecule has 2 aromatic rings. The predicted molar refractivity (Wildman–Crippen MR) is 70.5 cm³/mol. The SMILES string of the molecule is Cn1c(N2CC3CC2CS3)nc2cccnc21. The van der Waals surface area contributed by atoms with E-state index in [0.29, 0.717) is 6.04 Å². The summed E-state index contributed by atoms with van der Waals surface area (Å²) in [4.78, 5) is 11.6. The van der Waals surface area contributed by atoms with E-state index in [9.17, 15) is 0 Å². The summed E-state index contributed by atoms with van der Waals surface area (Å²) in [5, 5.41) is 0.813. The van der Waals surface area contributed by atoms with Crippen LogP contribution in [0.15, 0.2) is 18.3 Å². The van der Waals surface area contributed by atoms with Gasteiger partial charge in [-0.2, -0.15) is 11.8 Å². The van der Waals surface area contributed by atoms with Gasteiger partial charge in [-0.3, -0.25) is 4.57 Å². The first kappa shape index (κ1) is 9.76. The third-order valence-electron chi connectivity index (χ3n) is 3.76. The number of nitrogens with zero attached hydrogens (tertiary/aromatic N) is 4. The molecular weight excluding hydrogens is 232 g/mol. The number of rotatable bonds is 1. The zero-order chi connectivity index (χ0) is 11.4. The fourth-order valence-corrected chi connectivity index (χ4v) is 4.35. The molecule has 2 saturated heterocycles. The quantitative estimate of drug-likeness (QED) is 0.766. The van der Waals surface area contributed by atoms with Crippen LogP contribution < -0.4 is 4.90 Å². The molecule has 0 amide bonds. The number of aryl methyl sites for hydroxylation is 1. The molecule has 2 aliphatic rings. The lowest BCUT2D eigenvalue weighted by molar-refractivity contribution is 0.719. The first-order chi connectivity index (χ1) is 8.33. The Morgan fingerprint density at radius 1 is 1.47 bits per heavy atom. The van der Waals surface area contributed by atoms with Crippen LogP contribution in [-0.2, 0) is 7.05 Å². The van der Waals surface area contributed by atoms with E-state index < -0.39 is 0 Å². The molecule has 88 valence electrons. The van der Waals surface area contributed by atoms with E-state index in [1.165, 1.54) is 12.2 Å². The second-order valence-electron chi connectivity index (χ2n) is 4.81. The van der Waals surface area contributed by atoms with Gasteiger partial charge in [0, 0.05) is 36.8 Å². The largest absolute Gasteiger partial charge is 0.337 e.